The highest BCUT2D eigenvalue weighted by atomic mass is 16.5. The van der Waals surface area contributed by atoms with E-state index in [0.29, 0.717) is 48.7 Å². The average Bonchev–Trinajstić information content (AvgIpc) is 2.85. The van der Waals surface area contributed by atoms with Crippen LogP contribution >= 0.6 is 0 Å². The molecule has 0 spiro atoms. The largest absolute Gasteiger partial charge is 0.382 e. The van der Waals surface area contributed by atoms with Crippen LogP contribution in [-0.4, -0.2) is 37.5 Å². The summed E-state index contributed by atoms with van der Waals surface area (Å²) in [5.41, 5.74) is 2.75. The lowest BCUT2D eigenvalue weighted by atomic mass is 10.1. The first kappa shape index (κ1) is 24.7. The van der Waals surface area contributed by atoms with Gasteiger partial charge in [0.25, 0.3) is 11.8 Å². The van der Waals surface area contributed by atoms with E-state index in [9.17, 15) is 14.4 Å². The third-order valence-corrected chi connectivity index (χ3v) is 5.01. The Kier molecular flexibility index (Phi) is 9.37. The molecular formula is C27H29N3O4. The molecule has 3 rings (SSSR count). The predicted molar refractivity (Wildman–Crippen MR) is 133 cm³/mol. The molecule has 0 atom stereocenters. The smallest absolute Gasteiger partial charge is 0.255 e. The molecule has 3 aromatic rings. The van der Waals surface area contributed by atoms with Gasteiger partial charge in [0.2, 0.25) is 5.91 Å². The summed E-state index contributed by atoms with van der Waals surface area (Å²) in [5, 5.41) is 8.47. The molecule has 0 aliphatic rings. The van der Waals surface area contributed by atoms with Crippen LogP contribution in [0.4, 0.5) is 11.4 Å². The van der Waals surface area contributed by atoms with Crippen LogP contribution < -0.4 is 16.0 Å². The Morgan fingerprint density at radius 1 is 0.794 bits per heavy atom. The summed E-state index contributed by atoms with van der Waals surface area (Å²) < 4.78 is 5.27. The third-order valence-electron chi connectivity index (χ3n) is 5.01. The van der Waals surface area contributed by atoms with Crippen molar-refractivity contribution in [2.45, 2.75) is 19.8 Å². The number of hydrogen-bond donors (Lipinski definition) is 3. The van der Waals surface area contributed by atoms with Gasteiger partial charge in [0.15, 0.2) is 0 Å². The quantitative estimate of drug-likeness (QED) is 0.373. The molecule has 0 bridgehead atoms. The zero-order valence-electron chi connectivity index (χ0n) is 19.2. The summed E-state index contributed by atoms with van der Waals surface area (Å²) in [6.07, 6.45) is 0.982. The highest BCUT2D eigenvalue weighted by Crippen LogP contribution is 2.17. The Bertz CT molecular complexity index is 1100. The number of nitrogens with one attached hydrogen (secondary N) is 3. The van der Waals surface area contributed by atoms with E-state index in [4.69, 9.17) is 4.74 Å². The Morgan fingerprint density at radius 2 is 1.50 bits per heavy atom. The van der Waals surface area contributed by atoms with E-state index >= 15 is 0 Å². The van der Waals surface area contributed by atoms with Crippen molar-refractivity contribution in [3.63, 3.8) is 0 Å². The second kappa shape index (κ2) is 12.9. The van der Waals surface area contributed by atoms with E-state index in [1.54, 1.807) is 48.5 Å². The molecule has 0 saturated carbocycles. The lowest BCUT2D eigenvalue weighted by molar-refractivity contribution is -0.115. The molecule has 0 saturated heterocycles. The van der Waals surface area contributed by atoms with E-state index < -0.39 is 0 Å². The first-order chi connectivity index (χ1) is 16.6. The number of amides is 3. The van der Waals surface area contributed by atoms with Crippen molar-refractivity contribution in [1.82, 2.24) is 5.32 Å². The minimum Gasteiger partial charge on any atom is -0.382 e. The van der Waals surface area contributed by atoms with Gasteiger partial charge in [0, 0.05) is 31.0 Å². The molecule has 0 radical (unpaired) electrons. The SMILES string of the molecule is CCOCCCNC(=O)c1ccccc1NC(=O)c1ccc(NC(=O)Cc2ccccc2)cc1. The number of para-hydroxylation sites is 1. The molecular weight excluding hydrogens is 430 g/mol. The van der Waals surface area contributed by atoms with Gasteiger partial charge in [-0.25, -0.2) is 0 Å². The molecule has 7 heteroatoms. The molecule has 176 valence electrons. The number of carbonyl (C=O) groups is 3. The molecule has 3 N–H and O–H groups in total. The average molecular weight is 460 g/mol. The molecule has 7 nitrogen and oxygen atoms in total. The van der Waals surface area contributed by atoms with Gasteiger partial charge in [-0.15, -0.1) is 0 Å². The van der Waals surface area contributed by atoms with Crippen molar-refractivity contribution in [3.8, 4) is 0 Å². The number of anilines is 2. The molecule has 0 aliphatic heterocycles. The van der Waals surface area contributed by atoms with Crippen molar-refractivity contribution in [3.05, 3.63) is 95.6 Å². The zero-order valence-corrected chi connectivity index (χ0v) is 19.2. The highest BCUT2D eigenvalue weighted by molar-refractivity contribution is 6.09. The predicted octanol–water partition coefficient (Wildman–Crippen LogP) is 4.28. The first-order valence-electron chi connectivity index (χ1n) is 11.3. The first-order valence-corrected chi connectivity index (χ1v) is 11.3. The van der Waals surface area contributed by atoms with E-state index in [1.165, 1.54) is 0 Å². The zero-order chi connectivity index (χ0) is 24.2. The summed E-state index contributed by atoms with van der Waals surface area (Å²) in [6.45, 7) is 3.63. The summed E-state index contributed by atoms with van der Waals surface area (Å²) in [4.78, 5) is 37.5. The number of benzene rings is 3. The van der Waals surface area contributed by atoms with E-state index in [1.807, 2.05) is 37.3 Å². The summed E-state index contributed by atoms with van der Waals surface area (Å²) in [5.74, 6) is -0.743. The number of carbonyl (C=O) groups excluding carboxylic acids is 3. The standard InChI is InChI=1S/C27H29N3O4/c1-2-34-18-8-17-28-27(33)23-11-6-7-12-24(23)30-26(32)21-13-15-22(16-14-21)29-25(31)19-20-9-4-3-5-10-20/h3-7,9-16H,2,8,17-19H2,1H3,(H,28,33)(H,29,31)(H,30,32). The maximum Gasteiger partial charge on any atom is 0.255 e. The maximum absolute atomic E-state index is 12.7. The van der Waals surface area contributed by atoms with Crippen LogP contribution in [0.15, 0.2) is 78.9 Å². The second-order valence-corrected chi connectivity index (χ2v) is 7.59. The topological polar surface area (TPSA) is 96.5 Å². The molecule has 0 aromatic heterocycles. The van der Waals surface area contributed by atoms with Crippen LogP contribution in [0, 0.1) is 0 Å². The van der Waals surface area contributed by atoms with Crippen LogP contribution in [-0.2, 0) is 16.0 Å². The van der Waals surface area contributed by atoms with Crippen molar-refractivity contribution in [2.24, 2.45) is 0 Å². The lowest BCUT2D eigenvalue weighted by Crippen LogP contribution is -2.26. The van der Waals surface area contributed by atoms with Crippen LogP contribution in [0.1, 0.15) is 39.6 Å². The fraction of sp³-hybridized carbons (Fsp3) is 0.222. The van der Waals surface area contributed by atoms with Crippen molar-refractivity contribution < 1.29 is 19.1 Å². The monoisotopic (exact) mass is 459 g/mol. The van der Waals surface area contributed by atoms with Crippen LogP contribution in [0.25, 0.3) is 0 Å². The Labute approximate surface area is 199 Å². The van der Waals surface area contributed by atoms with E-state index in [0.717, 1.165) is 5.56 Å². The third kappa shape index (κ3) is 7.56. The van der Waals surface area contributed by atoms with Gasteiger partial charge in [-0.1, -0.05) is 42.5 Å². The molecule has 0 heterocycles. The van der Waals surface area contributed by atoms with Gasteiger partial charge in [-0.2, -0.15) is 0 Å². The normalized spacial score (nSPS) is 10.4. The second-order valence-electron chi connectivity index (χ2n) is 7.59. The van der Waals surface area contributed by atoms with Gasteiger partial charge in [-0.3, -0.25) is 14.4 Å². The molecule has 0 unspecified atom stereocenters. The van der Waals surface area contributed by atoms with Crippen molar-refractivity contribution in [1.29, 1.82) is 0 Å². The van der Waals surface area contributed by atoms with Gasteiger partial charge < -0.3 is 20.7 Å². The summed E-state index contributed by atoms with van der Waals surface area (Å²) in [7, 11) is 0. The van der Waals surface area contributed by atoms with E-state index in [2.05, 4.69) is 16.0 Å². The number of ether oxygens (including phenoxy) is 1. The molecule has 3 aromatic carbocycles. The fourth-order valence-electron chi connectivity index (χ4n) is 3.29. The van der Waals surface area contributed by atoms with E-state index in [-0.39, 0.29) is 24.1 Å². The van der Waals surface area contributed by atoms with Crippen LogP contribution in [0.3, 0.4) is 0 Å². The summed E-state index contributed by atoms with van der Waals surface area (Å²) >= 11 is 0. The van der Waals surface area contributed by atoms with Gasteiger partial charge in [0.05, 0.1) is 17.7 Å². The molecule has 34 heavy (non-hydrogen) atoms. The minimum atomic E-state index is -0.348. The van der Waals surface area contributed by atoms with Crippen LogP contribution in [0.2, 0.25) is 0 Å². The Hall–Kier alpha value is -3.97. The van der Waals surface area contributed by atoms with Crippen molar-refractivity contribution >= 4 is 29.1 Å². The van der Waals surface area contributed by atoms with Gasteiger partial charge in [-0.05, 0) is 55.3 Å². The molecule has 0 aliphatic carbocycles. The minimum absolute atomic E-state index is 0.135. The number of hydrogen-bond acceptors (Lipinski definition) is 4. The highest BCUT2D eigenvalue weighted by Gasteiger charge is 2.14. The lowest BCUT2D eigenvalue weighted by Gasteiger charge is -2.12. The number of rotatable bonds is 11. The van der Waals surface area contributed by atoms with Crippen LogP contribution in [0.5, 0.6) is 0 Å². The fourth-order valence-corrected chi connectivity index (χ4v) is 3.29. The Morgan fingerprint density at radius 3 is 2.24 bits per heavy atom. The molecule has 3 amide bonds. The van der Waals surface area contributed by atoms with Gasteiger partial charge in [0.1, 0.15) is 0 Å². The van der Waals surface area contributed by atoms with Crippen molar-refractivity contribution in [2.75, 3.05) is 30.4 Å². The Balaban J connectivity index is 1.56. The maximum atomic E-state index is 12.7. The molecule has 0 fully saturated rings. The summed E-state index contributed by atoms with van der Waals surface area (Å²) in [6, 6.07) is 22.9. The van der Waals surface area contributed by atoms with Gasteiger partial charge >= 0.3 is 0 Å².